The molecule has 0 unspecified atom stereocenters. The lowest BCUT2D eigenvalue weighted by atomic mass is 10.2. The maximum absolute atomic E-state index is 10.6. The monoisotopic (exact) mass is 218 g/mol. The van der Waals surface area contributed by atoms with Crippen molar-refractivity contribution in [1.82, 2.24) is 10.3 Å². The maximum Gasteiger partial charge on any atom is 0.337 e. The molecule has 0 bridgehead atoms. The summed E-state index contributed by atoms with van der Waals surface area (Å²) in [6.07, 6.45) is 8.18. The van der Waals surface area contributed by atoms with Crippen LogP contribution in [0, 0.1) is 12.3 Å². The Balaban J connectivity index is 2.33. The summed E-state index contributed by atoms with van der Waals surface area (Å²) in [7, 11) is 0. The molecule has 16 heavy (non-hydrogen) atoms. The molecule has 0 spiro atoms. The average Bonchev–Trinajstić information content (AvgIpc) is 2.29. The van der Waals surface area contributed by atoms with Gasteiger partial charge in [-0.25, -0.2) is 4.79 Å². The molecule has 84 valence electrons. The van der Waals surface area contributed by atoms with Gasteiger partial charge in [0.25, 0.3) is 0 Å². The predicted molar refractivity (Wildman–Crippen MR) is 61.0 cm³/mol. The summed E-state index contributed by atoms with van der Waals surface area (Å²) in [6.45, 7) is 1.47. The first-order valence-electron chi connectivity index (χ1n) is 5.06. The lowest BCUT2D eigenvalue weighted by Gasteiger charge is -2.03. The second-order valence-electron chi connectivity index (χ2n) is 3.33. The molecule has 0 aliphatic carbocycles. The van der Waals surface area contributed by atoms with Gasteiger partial charge in [0.15, 0.2) is 0 Å². The van der Waals surface area contributed by atoms with Gasteiger partial charge in [-0.2, -0.15) is 0 Å². The van der Waals surface area contributed by atoms with Crippen molar-refractivity contribution in [3.63, 3.8) is 0 Å². The van der Waals surface area contributed by atoms with E-state index in [1.54, 1.807) is 12.1 Å². The van der Waals surface area contributed by atoms with Gasteiger partial charge in [0, 0.05) is 19.2 Å². The SMILES string of the molecule is C#CCCCNCc1ccc(C(=O)O)cn1. The highest BCUT2D eigenvalue weighted by Gasteiger charge is 2.02. The predicted octanol–water partition coefficient (Wildman–Crippen LogP) is 1.28. The zero-order valence-corrected chi connectivity index (χ0v) is 8.94. The van der Waals surface area contributed by atoms with Crippen LogP contribution in [0.4, 0.5) is 0 Å². The molecule has 1 aromatic rings. The summed E-state index contributed by atoms with van der Waals surface area (Å²) in [5.41, 5.74) is 1.03. The Bertz CT molecular complexity index is 379. The average molecular weight is 218 g/mol. The van der Waals surface area contributed by atoms with Crippen LogP contribution in [0.2, 0.25) is 0 Å². The fourth-order valence-electron chi connectivity index (χ4n) is 1.19. The van der Waals surface area contributed by atoms with E-state index in [4.69, 9.17) is 11.5 Å². The van der Waals surface area contributed by atoms with Crippen LogP contribution in [-0.2, 0) is 6.54 Å². The molecule has 0 saturated carbocycles. The molecule has 0 saturated heterocycles. The van der Waals surface area contributed by atoms with E-state index in [1.165, 1.54) is 6.20 Å². The third kappa shape index (κ3) is 4.11. The minimum absolute atomic E-state index is 0.205. The molecule has 4 heteroatoms. The summed E-state index contributed by atoms with van der Waals surface area (Å²) in [5.74, 6) is 1.61. The first kappa shape index (κ1) is 12.2. The Morgan fingerprint density at radius 3 is 2.94 bits per heavy atom. The number of rotatable bonds is 6. The molecule has 4 nitrogen and oxygen atoms in total. The molecular formula is C12H14N2O2. The van der Waals surface area contributed by atoms with Crippen molar-refractivity contribution in [3.05, 3.63) is 29.6 Å². The second-order valence-corrected chi connectivity index (χ2v) is 3.33. The van der Waals surface area contributed by atoms with Crippen LogP contribution in [-0.4, -0.2) is 22.6 Å². The van der Waals surface area contributed by atoms with Crippen LogP contribution >= 0.6 is 0 Å². The largest absolute Gasteiger partial charge is 0.478 e. The maximum atomic E-state index is 10.6. The highest BCUT2D eigenvalue weighted by atomic mass is 16.4. The van der Waals surface area contributed by atoms with Crippen LogP contribution in [0.1, 0.15) is 28.9 Å². The molecule has 0 aliphatic heterocycles. The molecule has 0 amide bonds. The number of carboxylic acid groups (broad SMARTS) is 1. The van der Waals surface area contributed by atoms with Crippen molar-refractivity contribution < 1.29 is 9.90 Å². The number of pyridine rings is 1. The normalized spacial score (nSPS) is 9.69. The van der Waals surface area contributed by atoms with Crippen molar-refractivity contribution in [2.24, 2.45) is 0 Å². The Hall–Kier alpha value is -1.86. The third-order valence-electron chi connectivity index (χ3n) is 2.05. The van der Waals surface area contributed by atoms with E-state index in [0.717, 1.165) is 25.1 Å². The fraction of sp³-hybridized carbons (Fsp3) is 0.333. The first-order valence-corrected chi connectivity index (χ1v) is 5.06. The van der Waals surface area contributed by atoms with Gasteiger partial charge < -0.3 is 10.4 Å². The second kappa shape index (κ2) is 6.59. The summed E-state index contributed by atoms with van der Waals surface area (Å²) in [4.78, 5) is 14.6. The number of carboxylic acids is 1. The fourth-order valence-corrected chi connectivity index (χ4v) is 1.19. The van der Waals surface area contributed by atoms with Crippen LogP contribution in [0.15, 0.2) is 18.3 Å². The van der Waals surface area contributed by atoms with Crippen molar-refractivity contribution in [2.75, 3.05) is 6.54 Å². The zero-order valence-electron chi connectivity index (χ0n) is 8.94. The number of nitrogens with zero attached hydrogens (tertiary/aromatic N) is 1. The Labute approximate surface area is 94.7 Å². The molecule has 0 atom stereocenters. The topological polar surface area (TPSA) is 62.2 Å². The molecule has 0 aliphatic rings. The number of aromatic carboxylic acids is 1. The van der Waals surface area contributed by atoms with Crippen LogP contribution in [0.5, 0.6) is 0 Å². The van der Waals surface area contributed by atoms with Gasteiger partial charge in [-0.1, -0.05) is 0 Å². The van der Waals surface area contributed by atoms with E-state index in [0.29, 0.717) is 6.54 Å². The summed E-state index contributed by atoms with van der Waals surface area (Å²) in [5, 5.41) is 11.9. The number of hydrogen-bond acceptors (Lipinski definition) is 3. The van der Waals surface area contributed by atoms with Gasteiger partial charge in [0.05, 0.1) is 11.3 Å². The third-order valence-corrected chi connectivity index (χ3v) is 2.05. The molecular weight excluding hydrogens is 204 g/mol. The molecule has 1 aromatic heterocycles. The Morgan fingerprint density at radius 2 is 2.38 bits per heavy atom. The van der Waals surface area contributed by atoms with Gasteiger partial charge in [-0.15, -0.1) is 12.3 Å². The number of nitrogens with one attached hydrogen (secondary N) is 1. The summed E-state index contributed by atoms with van der Waals surface area (Å²) >= 11 is 0. The van der Waals surface area contributed by atoms with E-state index >= 15 is 0 Å². The van der Waals surface area contributed by atoms with E-state index in [1.807, 2.05) is 0 Å². The van der Waals surface area contributed by atoms with Gasteiger partial charge in [-0.05, 0) is 25.1 Å². The highest BCUT2D eigenvalue weighted by molar-refractivity contribution is 5.87. The van der Waals surface area contributed by atoms with Gasteiger partial charge in [-0.3, -0.25) is 4.98 Å². The zero-order chi connectivity index (χ0) is 11.8. The Morgan fingerprint density at radius 1 is 1.56 bits per heavy atom. The summed E-state index contributed by atoms with van der Waals surface area (Å²) in [6, 6.07) is 3.26. The number of carbonyl (C=O) groups is 1. The van der Waals surface area contributed by atoms with Crippen LogP contribution < -0.4 is 5.32 Å². The van der Waals surface area contributed by atoms with Gasteiger partial charge >= 0.3 is 5.97 Å². The van der Waals surface area contributed by atoms with E-state index in [-0.39, 0.29) is 5.56 Å². The molecule has 0 aromatic carbocycles. The quantitative estimate of drug-likeness (QED) is 0.557. The van der Waals surface area contributed by atoms with Crippen molar-refractivity contribution >= 4 is 5.97 Å². The molecule has 1 rings (SSSR count). The van der Waals surface area contributed by atoms with Crippen LogP contribution in [0.3, 0.4) is 0 Å². The lowest BCUT2D eigenvalue weighted by Crippen LogP contribution is -2.15. The van der Waals surface area contributed by atoms with E-state index in [2.05, 4.69) is 16.2 Å². The number of aromatic nitrogens is 1. The number of terminal acetylenes is 1. The van der Waals surface area contributed by atoms with Gasteiger partial charge in [0.2, 0.25) is 0 Å². The smallest absolute Gasteiger partial charge is 0.337 e. The van der Waals surface area contributed by atoms with E-state index in [9.17, 15) is 4.79 Å². The summed E-state index contributed by atoms with van der Waals surface area (Å²) < 4.78 is 0. The number of hydrogen-bond donors (Lipinski definition) is 2. The number of unbranched alkanes of at least 4 members (excludes halogenated alkanes) is 1. The van der Waals surface area contributed by atoms with Crippen molar-refractivity contribution in [2.45, 2.75) is 19.4 Å². The van der Waals surface area contributed by atoms with Gasteiger partial charge in [0.1, 0.15) is 0 Å². The van der Waals surface area contributed by atoms with E-state index < -0.39 is 5.97 Å². The Kier molecular flexibility index (Phi) is 5.03. The molecule has 1 heterocycles. The minimum Gasteiger partial charge on any atom is -0.478 e. The standard InChI is InChI=1S/C12H14N2O2/c1-2-3-4-7-13-9-11-6-5-10(8-14-11)12(15)16/h1,5-6,8,13H,3-4,7,9H2,(H,15,16). The minimum atomic E-state index is -0.957. The molecule has 0 radical (unpaired) electrons. The first-order chi connectivity index (χ1) is 7.74. The highest BCUT2D eigenvalue weighted by Crippen LogP contribution is 2.00. The molecule has 0 fully saturated rings. The van der Waals surface area contributed by atoms with Crippen molar-refractivity contribution in [3.8, 4) is 12.3 Å². The molecule has 2 N–H and O–H groups in total. The lowest BCUT2D eigenvalue weighted by molar-refractivity contribution is 0.0696. The van der Waals surface area contributed by atoms with Crippen LogP contribution in [0.25, 0.3) is 0 Å². The van der Waals surface area contributed by atoms with Crippen molar-refractivity contribution in [1.29, 1.82) is 0 Å².